The Morgan fingerprint density at radius 3 is 2.68 bits per heavy atom. The van der Waals surface area contributed by atoms with Crippen LogP contribution in [0.25, 0.3) is 0 Å². The van der Waals surface area contributed by atoms with Gasteiger partial charge >= 0.3 is 0 Å². The summed E-state index contributed by atoms with van der Waals surface area (Å²) >= 11 is 0. The van der Waals surface area contributed by atoms with E-state index in [0.717, 1.165) is 24.6 Å². The smallest absolute Gasteiger partial charge is 0.241 e. The van der Waals surface area contributed by atoms with Crippen molar-refractivity contribution in [2.45, 2.75) is 18.6 Å². The van der Waals surface area contributed by atoms with Crippen LogP contribution < -0.4 is 15.8 Å². The molecule has 0 saturated carbocycles. The van der Waals surface area contributed by atoms with Crippen molar-refractivity contribution in [2.75, 3.05) is 25.0 Å². The summed E-state index contributed by atoms with van der Waals surface area (Å²) in [6, 6.07) is 11.7. The third-order valence-corrected chi connectivity index (χ3v) is 4.96. The molecule has 0 radical (unpaired) electrons. The van der Waals surface area contributed by atoms with Crippen molar-refractivity contribution in [3.8, 4) is 0 Å². The molecule has 2 aromatic rings. The Kier molecular flexibility index (Phi) is 4.33. The number of anilines is 1. The minimum atomic E-state index is -0.229. The van der Waals surface area contributed by atoms with Crippen LogP contribution in [0.4, 0.5) is 5.82 Å². The number of rotatable bonds is 4. The summed E-state index contributed by atoms with van der Waals surface area (Å²) in [4.78, 5) is 25.6. The minimum Gasteiger partial charge on any atom is -0.355 e. The second-order valence-corrected chi connectivity index (χ2v) is 6.64. The molecule has 0 aliphatic carbocycles. The third-order valence-electron chi connectivity index (χ3n) is 4.96. The zero-order valence-corrected chi connectivity index (χ0v) is 14.2. The van der Waals surface area contributed by atoms with Gasteiger partial charge in [-0.3, -0.25) is 15.2 Å². The lowest BCUT2D eigenvalue weighted by molar-refractivity contribution is -0.133. The van der Waals surface area contributed by atoms with Crippen LogP contribution >= 0.6 is 0 Å². The predicted molar refractivity (Wildman–Crippen MR) is 94.5 cm³/mol. The van der Waals surface area contributed by atoms with Gasteiger partial charge in [-0.25, -0.2) is 10.4 Å². The van der Waals surface area contributed by atoms with Gasteiger partial charge in [0.2, 0.25) is 5.91 Å². The van der Waals surface area contributed by atoms with Gasteiger partial charge in [-0.15, -0.1) is 0 Å². The second-order valence-electron chi connectivity index (χ2n) is 6.64. The van der Waals surface area contributed by atoms with Gasteiger partial charge in [0.05, 0.1) is 12.2 Å². The molecule has 7 nitrogen and oxygen atoms in total. The van der Waals surface area contributed by atoms with Crippen LogP contribution in [0.3, 0.4) is 0 Å². The van der Waals surface area contributed by atoms with Crippen molar-refractivity contribution in [1.82, 2.24) is 25.7 Å². The van der Waals surface area contributed by atoms with E-state index in [4.69, 9.17) is 0 Å². The molecule has 25 heavy (non-hydrogen) atoms. The first kappa shape index (κ1) is 16.0. The third kappa shape index (κ3) is 3.20. The highest BCUT2D eigenvalue weighted by molar-refractivity contribution is 5.82. The number of carbonyl (C=O) groups is 1. The molecule has 3 unspecified atom stereocenters. The average Bonchev–Trinajstić information content (AvgIpc) is 3.23. The molecule has 0 spiro atoms. The second kappa shape index (κ2) is 6.78. The van der Waals surface area contributed by atoms with Gasteiger partial charge < -0.3 is 9.80 Å². The van der Waals surface area contributed by atoms with Crippen LogP contribution in [-0.2, 0) is 11.3 Å². The molecule has 4 rings (SSSR count). The lowest BCUT2D eigenvalue weighted by Gasteiger charge is -2.25. The maximum absolute atomic E-state index is 12.9. The van der Waals surface area contributed by atoms with Gasteiger partial charge in [-0.2, -0.15) is 0 Å². The Morgan fingerprint density at radius 2 is 1.96 bits per heavy atom. The van der Waals surface area contributed by atoms with Crippen LogP contribution in [0.15, 0.2) is 48.8 Å². The van der Waals surface area contributed by atoms with Crippen LogP contribution in [0.5, 0.6) is 0 Å². The number of carbonyl (C=O) groups excluding carboxylic acids is 1. The van der Waals surface area contributed by atoms with Crippen molar-refractivity contribution in [1.29, 1.82) is 0 Å². The Morgan fingerprint density at radius 1 is 1.16 bits per heavy atom. The average molecular weight is 338 g/mol. The standard InChI is InChI=1S/C18H22N6O/c1-23(10-13-6-2-4-8-19-13)18(25)17-14-11-24(12-15(14)21-22-17)16-7-3-5-9-20-16/h2-9,14-15,17,21-22H,10-12H2,1H3. The predicted octanol–water partition coefficient (Wildman–Crippen LogP) is 0.416. The molecule has 2 fully saturated rings. The molecule has 7 heteroatoms. The van der Waals surface area contributed by atoms with Crippen molar-refractivity contribution >= 4 is 11.7 Å². The van der Waals surface area contributed by atoms with E-state index in [1.165, 1.54) is 0 Å². The van der Waals surface area contributed by atoms with E-state index in [1.54, 1.807) is 17.3 Å². The normalized spacial score (nSPS) is 25.0. The summed E-state index contributed by atoms with van der Waals surface area (Å²) in [5, 5.41) is 0. The molecule has 2 aliphatic rings. The number of hydrazine groups is 1. The maximum atomic E-state index is 12.9. The minimum absolute atomic E-state index is 0.0912. The monoisotopic (exact) mass is 338 g/mol. The Hall–Kier alpha value is -2.51. The van der Waals surface area contributed by atoms with Crippen molar-refractivity contribution in [3.05, 3.63) is 54.5 Å². The number of aromatic nitrogens is 2. The summed E-state index contributed by atoms with van der Waals surface area (Å²) in [5.74, 6) is 1.28. The summed E-state index contributed by atoms with van der Waals surface area (Å²) in [7, 11) is 1.83. The molecule has 0 aromatic carbocycles. The van der Waals surface area contributed by atoms with E-state index in [2.05, 4.69) is 25.7 Å². The van der Waals surface area contributed by atoms with Crippen LogP contribution in [0, 0.1) is 5.92 Å². The Bertz CT molecular complexity index is 725. The van der Waals surface area contributed by atoms with E-state index in [-0.39, 0.29) is 23.9 Å². The van der Waals surface area contributed by atoms with Gasteiger partial charge in [0, 0.05) is 44.5 Å². The van der Waals surface area contributed by atoms with Gasteiger partial charge in [-0.1, -0.05) is 12.1 Å². The molecule has 0 bridgehead atoms. The van der Waals surface area contributed by atoms with Crippen molar-refractivity contribution in [3.63, 3.8) is 0 Å². The van der Waals surface area contributed by atoms with E-state index in [9.17, 15) is 4.79 Å². The summed E-state index contributed by atoms with van der Waals surface area (Å²) in [6.07, 6.45) is 3.55. The molecule has 2 aromatic heterocycles. The molecule has 3 atom stereocenters. The first-order valence-corrected chi connectivity index (χ1v) is 8.54. The van der Waals surface area contributed by atoms with Crippen LogP contribution in [0.1, 0.15) is 5.69 Å². The van der Waals surface area contributed by atoms with Crippen LogP contribution in [0.2, 0.25) is 0 Å². The fourth-order valence-electron chi connectivity index (χ4n) is 3.65. The number of hydrogen-bond acceptors (Lipinski definition) is 6. The highest BCUT2D eigenvalue weighted by Gasteiger charge is 2.46. The molecule has 2 saturated heterocycles. The molecular weight excluding hydrogens is 316 g/mol. The number of nitrogens with zero attached hydrogens (tertiary/aromatic N) is 4. The topological polar surface area (TPSA) is 73.4 Å². The highest BCUT2D eigenvalue weighted by Crippen LogP contribution is 2.28. The van der Waals surface area contributed by atoms with Crippen molar-refractivity contribution < 1.29 is 4.79 Å². The number of fused-ring (bicyclic) bond motifs is 1. The summed E-state index contributed by atoms with van der Waals surface area (Å²) < 4.78 is 0. The number of hydrogen-bond donors (Lipinski definition) is 2. The van der Waals surface area contributed by atoms with Crippen molar-refractivity contribution in [2.24, 2.45) is 5.92 Å². The number of pyridine rings is 2. The lowest BCUT2D eigenvalue weighted by Crippen LogP contribution is -2.48. The lowest BCUT2D eigenvalue weighted by atomic mass is 9.97. The molecule has 2 N–H and O–H groups in total. The first-order valence-electron chi connectivity index (χ1n) is 8.54. The SMILES string of the molecule is CN(Cc1ccccn1)C(=O)C1NNC2CN(c3ccccn3)CC21. The van der Waals surface area contributed by atoms with E-state index in [0.29, 0.717) is 6.54 Å². The Labute approximate surface area is 147 Å². The highest BCUT2D eigenvalue weighted by atomic mass is 16.2. The van der Waals surface area contributed by atoms with Gasteiger partial charge in [-0.05, 0) is 24.3 Å². The molecule has 130 valence electrons. The summed E-state index contributed by atoms with van der Waals surface area (Å²) in [6.45, 7) is 2.18. The number of nitrogens with one attached hydrogen (secondary N) is 2. The Balaban J connectivity index is 1.42. The van der Waals surface area contributed by atoms with E-state index < -0.39 is 0 Å². The summed E-state index contributed by atoms with van der Waals surface area (Å²) in [5.41, 5.74) is 7.36. The van der Waals surface area contributed by atoms with Gasteiger partial charge in [0.25, 0.3) is 0 Å². The fourth-order valence-corrected chi connectivity index (χ4v) is 3.65. The largest absolute Gasteiger partial charge is 0.355 e. The fraction of sp³-hybridized carbons (Fsp3) is 0.389. The molecule has 2 aliphatic heterocycles. The number of amides is 1. The quantitative estimate of drug-likeness (QED) is 0.842. The van der Waals surface area contributed by atoms with Gasteiger partial charge in [0.15, 0.2) is 0 Å². The molecular formula is C18H22N6O. The zero-order chi connectivity index (χ0) is 17.2. The number of likely N-dealkylation sites (N-methyl/N-ethyl adjacent to an activating group) is 1. The molecule has 1 amide bonds. The maximum Gasteiger partial charge on any atom is 0.241 e. The van der Waals surface area contributed by atoms with Gasteiger partial charge in [0.1, 0.15) is 11.9 Å². The first-order chi connectivity index (χ1) is 12.2. The van der Waals surface area contributed by atoms with E-state index in [1.807, 2.05) is 43.4 Å². The van der Waals surface area contributed by atoms with E-state index >= 15 is 0 Å². The molecule has 4 heterocycles. The zero-order valence-electron chi connectivity index (χ0n) is 14.2. The van der Waals surface area contributed by atoms with Crippen LogP contribution in [-0.4, -0.2) is 53.0 Å².